The van der Waals surface area contributed by atoms with Gasteiger partial charge in [-0.2, -0.15) is 4.98 Å². The van der Waals surface area contributed by atoms with E-state index in [-0.39, 0.29) is 0 Å². The Labute approximate surface area is 95.6 Å². The predicted molar refractivity (Wildman–Crippen MR) is 60.9 cm³/mol. The van der Waals surface area contributed by atoms with E-state index in [1.54, 1.807) is 4.40 Å². The van der Waals surface area contributed by atoms with Crippen molar-refractivity contribution in [3.05, 3.63) is 23.3 Å². The molecule has 2 heterocycles. The normalized spacial score (nSPS) is 11.3. The molecule has 0 radical (unpaired) electrons. The van der Waals surface area contributed by atoms with E-state index in [4.69, 9.17) is 9.84 Å². The third kappa shape index (κ3) is 1.92. The Balaban J connectivity index is 2.48. The van der Waals surface area contributed by atoms with Crippen LogP contribution >= 0.6 is 11.3 Å². The van der Waals surface area contributed by atoms with Crippen LogP contribution in [0.1, 0.15) is 12.6 Å². The molecular weight excluding hydrogens is 228 g/mol. The molecule has 0 aromatic carbocycles. The molecule has 0 aliphatic rings. The Morgan fingerprint density at radius 2 is 2.56 bits per heavy atom. The molecule has 2 aromatic heterocycles. The molecule has 0 atom stereocenters. The van der Waals surface area contributed by atoms with Crippen molar-refractivity contribution < 1.29 is 14.6 Å². The van der Waals surface area contributed by atoms with E-state index in [9.17, 15) is 4.79 Å². The van der Waals surface area contributed by atoms with E-state index in [2.05, 4.69) is 4.98 Å². The molecule has 0 fully saturated rings. The van der Waals surface area contributed by atoms with Crippen LogP contribution in [0.5, 0.6) is 5.88 Å². The molecule has 0 bridgehead atoms. The van der Waals surface area contributed by atoms with Gasteiger partial charge in [-0.05, 0) is 13.0 Å². The number of imidazole rings is 1. The first-order chi connectivity index (χ1) is 7.72. The Morgan fingerprint density at radius 3 is 3.25 bits per heavy atom. The molecule has 0 aliphatic heterocycles. The lowest BCUT2D eigenvalue weighted by Crippen LogP contribution is -1.95. The molecule has 2 rings (SSSR count). The maximum absolute atomic E-state index is 10.5. The van der Waals surface area contributed by atoms with Crippen molar-refractivity contribution in [2.45, 2.75) is 6.92 Å². The van der Waals surface area contributed by atoms with Crippen LogP contribution in [0.15, 0.2) is 17.7 Å². The Bertz CT molecular complexity index is 541. The van der Waals surface area contributed by atoms with E-state index < -0.39 is 5.97 Å². The third-order valence-electron chi connectivity index (χ3n) is 1.93. The fourth-order valence-electron chi connectivity index (χ4n) is 1.33. The molecule has 0 saturated carbocycles. The molecule has 2 aromatic rings. The number of aliphatic carboxylic acids is 1. The number of thiazole rings is 1. The zero-order chi connectivity index (χ0) is 11.5. The highest BCUT2D eigenvalue weighted by Crippen LogP contribution is 2.24. The summed E-state index contributed by atoms with van der Waals surface area (Å²) < 4.78 is 7.14. The molecule has 5 nitrogen and oxygen atoms in total. The fraction of sp³-hybridized carbons (Fsp3) is 0.200. The van der Waals surface area contributed by atoms with Gasteiger partial charge in [0.1, 0.15) is 5.69 Å². The Hall–Kier alpha value is -1.82. The first-order valence-corrected chi connectivity index (χ1v) is 5.59. The van der Waals surface area contributed by atoms with Crippen molar-refractivity contribution >= 4 is 28.3 Å². The first-order valence-electron chi connectivity index (χ1n) is 4.71. The van der Waals surface area contributed by atoms with Crippen LogP contribution in [0.2, 0.25) is 0 Å². The van der Waals surface area contributed by atoms with Gasteiger partial charge >= 0.3 is 5.97 Å². The van der Waals surface area contributed by atoms with Gasteiger partial charge in [-0.15, -0.1) is 11.3 Å². The Morgan fingerprint density at radius 1 is 1.75 bits per heavy atom. The molecule has 0 saturated heterocycles. The van der Waals surface area contributed by atoms with Crippen LogP contribution in [0, 0.1) is 0 Å². The fourth-order valence-corrected chi connectivity index (χ4v) is 2.04. The maximum Gasteiger partial charge on any atom is 0.328 e. The van der Waals surface area contributed by atoms with Crippen LogP contribution < -0.4 is 4.74 Å². The van der Waals surface area contributed by atoms with Crippen molar-refractivity contribution in [1.82, 2.24) is 9.38 Å². The van der Waals surface area contributed by atoms with E-state index in [1.807, 2.05) is 18.5 Å². The summed E-state index contributed by atoms with van der Waals surface area (Å²) in [7, 11) is 0. The summed E-state index contributed by atoms with van der Waals surface area (Å²) >= 11 is 1.47. The highest BCUT2D eigenvalue weighted by atomic mass is 32.1. The van der Waals surface area contributed by atoms with Crippen molar-refractivity contribution in [2.75, 3.05) is 6.61 Å². The standard InChI is InChI=1S/C10H10N2O3S/c1-2-15-9-7(3-4-8(13)14)12-5-6-16-10(12)11-9/h3-6H,2H2,1H3,(H,13,14). The summed E-state index contributed by atoms with van der Waals surface area (Å²) in [6, 6.07) is 0. The second-order valence-corrected chi connectivity index (χ2v) is 3.84. The number of carboxylic acid groups (broad SMARTS) is 1. The zero-order valence-corrected chi connectivity index (χ0v) is 9.40. The maximum atomic E-state index is 10.5. The highest BCUT2D eigenvalue weighted by Gasteiger charge is 2.11. The number of fused-ring (bicyclic) bond motifs is 1. The van der Waals surface area contributed by atoms with Gasteiger partial charge in [-0.25, -0.2) is 4.79 Å². The van der Waals surface area contributed by atoms with Gasteiger partial charge < -0.3 is 9.84 Å². The van der Waals surface area contributed by atoms with Crippen LogP contribution in [0.3, 0.4) is 0 Å². The highest BCUT2D eigenvalue weighted by molar-refractivity contribution is 7.15. The summed E-state index contributed by atoms with van der Waals surface area (Å²) in [4.78, 5) is 15.5. The number of ether oxygens (including phenoxy) is 1. The molecular formula is C10H10N2O3S. The van der Waals surface area contributed by atoms with E-state index in [0.29, 0.717) is 18.2 Å². The van der Waals surface area contributed by atoms with Gasteiger partial charge in [0, 0.05) is 17.7 Å². The largest absolute Gasteiger partial charge is 0.478 e. The minimum atomic E-state index is -0.993. The minimum Gasteiger partial charge on any atom is -0.478 e. The van der Waals surface area contributed by atoms with Crippen LogP contribution in [-0.4, -0.2) is 27.1 Å². The van der Waals surface area contributed by atoms with Gasteiger partial charge in [0.25, 0.3) is 0 Å². The number of hydrogen-bond acceptors (Lipinski definition) is 4. The number of rotatable bonds is 4. The van der Waals surface area contributed by atoms with E-state index in [0.717, 1.165) is 11.0 Å². The number of carbonyl (C=O) groups is 1. The quantitative estimate of drug-likeness (QED) is 0.826. The molecule has 1 N–H and O–H groups in total. The molecule has 84 valence electrons. The summed E-state index contributed by atoms with van der Waals surface area (Å²) in [5, 5.41) is 10.5. The topological polar surface area (TPSA) is 63.8 Å². The number of nitrogens with zero attached hydrogens (tertiary/aromatic N) is 2. The monoisotopic (exact) mass is 238 g/mol. The van der Waals surface area contributed by atoms with Crippen molar-refractivity contribution in [3.8, 4) is 5.88 Å². The van der Waals surface area contributed by atoms with E-state index in [1.165, 1.54) is 17.4 Å². The van der Waals surface area contributed by atoms with Gasteiger partial charge in [-0.3, -0.25) is 4.40 Å². The van der Waals surface area contributed by atoms with Crippen molar-refractivity contribution in [2.24, 2.45) is 0 Å². The first kappa shape index (κ1) is 10.7. The lowest BCUT2D eigenvalue weighted by atomic mass is 10.4. The van der Waals surface area contributed by atoms with Crippen LogP contribution in [0.25, 0.3) is 11.0 Å². The summed E-state index contributed by atoms with van der Waals surface area (Å²) in [6.45, 7) is 2.36. The zero-order valence-electron chi connectivity index (χ0n) is 8.58. The summed E-state index contributed by atoms with van der Waals surface area (Å²) in [5.41, 5.74) is 0.653. The van der Waals surface area contributed by atoms with Gasteiger partial charge in [0.2, 0.25) is 5.88 Å². The smallest absolute Gasteiger partial charge is 0.328 e. The number of carboxylic acids is 1. The minimum absolute atomic E-state index is 0.465. The van der Waals surface area contributed by atoms with Crippen molar-refractivity contribution in [3.63, 3.8) is 0 Å². The molecule has 6 heteroatoms. The van der Waals surface area contributed by atoms with Crippen LogP contribution in [0.4, 0.5) is 0 Å². The third-order valence-corrected chi connectivity index (χ3v) is 2.69. The van der Waals surface area contributed by atoms with Gasteiger partial charge in [0.05, 0.1) is 6.61 Å². The number of aromatic nitrogens is 2. The molecule has 0 unspecified atom stereocenters. The second-order valence-electron chi connectivity index (χ2n) is 2.96. The lowest BCUT2D eigenvalue weighted by Gasteiger charge is -1.99. The average Bonchev–Trinajstić information content (AvgIpc) is 2.76. The average molecular weight is 238 g/mol. The van der Waals surface area contributed by atoms with Crippen LogP contribution in [-0.2, 0) is 4.79 Å². The van der Waals surface area contributed by atoms with E-state index >= 15 is 0 Å². The number of hydrogen-bond donors (Lipinski definition) is 1. The Kier molecular flexibility index (Phi) is 2.91. The molecule has 0 spiro atoms. The van der Waals surface area contributed by atoms with Crippen molar-refractivity contribution in [1.29, 1.82) is 0 Å². The van der Waals surface area contributed by atoms with Gasteiger partial charge in [-0.1, -0.05) is 0 Å². The SMILES string of the molecule is CCOc1nc2sccn2c1C=CC(=O)O. The molecule has 0 amide bonds. The molecule has 0 aliphatic carbocycles. The summed E-state index contributed by atoms with van der Waals surface area (Å²) in [6.07, 6.45) is 4.39. The second kappa shape index (κ2) is 4.36. The summed E-state index contributed by atoms with van der Waals surface area (Å²) in [5.74, 6) is -0.528. The lowest BCUT2D eigenvalue weighted by molar-refractivity contribution is -0.131. The molecule has 16 heavy (non-hydrogen) atoms. The predicted octanol–water partition coefficient (Wildman–Crippen LogP) is 1.89. The van der Waals surface area contributed by atoms with Gasteiger partial charge in [0.15, 0.2) is 4.96 Å².